The number of rotatable bonds is 5. The molecule has 5 nitrogen and oxygen atoms in total. The lowest BCUT2D eigenvalue weighted by Crippen LogP contribution is -2.05. The van der Waals surface area contributed by atoms with Crippen molar-refractivity contribution in [2.45, 2.75) is 12.6 Å². The molecule has 0 saturated heterocycles. The van der Waals surface area contributed by atoms with Crippen LogP contribution in [0.1, 0.15) is 17.4 Å². The molecule has 1 unspecified atom stereocenters. The fourth-order valence-corrected chi connectivity index (χ4v) is 2.84. The lowest BCUT2D eigenvalue weighted by molar-refractivity contribution is 0.201. The zero-order chi connectivity index (χ0) is 16.4. The number of hydrogen-bond donors (Lipinski definition) is 1. The SMILES string of the molecule is COc1ccc(Cn2nc(C(O)CBr)c3ccc(Cl)nc32)cc1. The summed E-state index contributed by atoms with van der Waals surface area (Å²) in [7, 11) is 1.63. The van der Waals surface area contributed by atoms with Gasteiger partial charge in [-0.15, -0.1) is 0 Å². The Morgan fingerprint density at radius 2 is 2.00 bits per heavy atom. The van der Waals surface area contributed by atoms with Crippen molar-refractivity contribution in [2.75, 3.05) is 12.4 Å². The van der Waals surface area contributed by atoms with Gasteiger partial charge in [-0.1, -0.05) is 39.7 Å². The molecule has 1 N–H and O–H groups in total. The molecule has 1 atom stereocenters. The summed E-state index contributed by atoms with van der Waals surface area (Å²) in [5.74, 6) is 0.802. The van der Waals surface area contributed by atoms with E-state index < -0.39 is 6.10 Å². The van der Waals surface area contributed by atoms with Crippen LogP contribution in [0.25, 0.3) is 11.0 Å². The fourth-order valence-electron chi connectivity index (χ4n) is 2.39. The van der Waals surface area contributed by atoms with E-state index in [0.29, 0.717) is 28.4 Å². The van der Waals surface area contributed by atoms with Crippen molar-refractivity contribution in [3.8, 4) is 5.75 Å². The molecular weight excluding hydrogens is 382 g/mol. The van der Waals surface area contributed by atoms with Crippen molar-refractivity contribution >= 4 is 38.6 Å². The molecule has 2 heterocycles. The van der Waals surface area contributed by atoms with Crippen LogP contribution in [-0.2, 0) is 6.54 Å². The number of hydrogen-bond acceptors (Lipinski definition) is 4. The Morgan fingerprint density at radius 1 is 1.26 bits per heavy atom. The molecule has 1 aromatic carbocycles. The highest BCUT2D eigenvalue weighted by Gasteiger charge is 2.18. The standard InChI is InChI=1S/C16H15BrClN3O2/c1-23-11-4-2-10(3-5-11)9-21-16-12(6-7-14(18)19-16)15(20-21)13(22)8-17/h2-7,13,22H,8-9H2,1H3. The third kappa shape index (κ3) is 3.34. The van der Waals surface area contributed by atoms with Crippen molar-refractivity contribution in [1.82, 2.24) is 14.8 Å². The van der Waals surface area contributed by atoms with Crippen LogP contribution in [0, 0.1) is 0 Å². The third-order valence-corrected chi connectivity index (χ3v) is 4.37. The Balaban J connectivity index is 2.03. The van der Waals surface area contributed by atoms with Crippen LogP contribution in [0.2, 0.25) is 5.15 Å². The normalized spacial score (nSPS) is 12.5. The van der Waals surface area contributed by atoms with Gasteiger partial charge in [-0.05, 0) is 29.8 Å². The van der Waals surface area contributed by atoms with Crippen LogP contribution >= 0.6 is 27.5 Å². The monoisotopic (exact) mass is 395 g/mol. The number of fused-ring (bicyclic) bond motifs is 1. The van der Waals surface area contributed by atoms with E-state index in [9.17, 15) is 5.11 Å². The lowest BCUT2D eigenvalue weighted by Gasteiger charge is -2.05. The Morgan fingerprint density at radius 3 is 2.65 bits per heavy atom. The van der Waals surface area contributed by atoms with E-state index in [1.807, 2.05) is 30.3 Å². The Hall–Kier alpha value is -1.63. The summed E-state index contributed by atoms with van der Waals surface area (Å²) < 4.78 is 6.92. The third-order valence-electron chi connectivity index (χ3n) is 3.54. The average molecular weight is 397 g/mol. The lowest BCUT2D eigenvalue weighted by atomic mass is 10.2. The van der Waals surface area contributed by atoms with Gasteiger partial charge in [0, 0.05) is 10.7 Å². The van der Waals surface area contributed by atoms with Gasteiger partial charge in [0.1, 0.15) is 22.7 Å². The predicted molar refractivity (Wildman–Crippen MR) is 93.4 cm³/mol. The molecular formula is C16H15BrClN3O2. The maximum atomic E-state index is 10.1. The summed E-state index contributed by atoms with van der Waals surface area (Å²) in [4.78, 5) is 4.36. The zero-order valence-corrected chi connectivity index (χ0v) is 14.8. The smallest absolute Gasteiger partial charge is 0.160 e. The Bertz CT molecular complexity index is 820. The van der Waals surface area contributed by atoms with Crippen molar-refractivity contribution in [2.24, 2.45) is 0 Å². The van der Waals surface area contributed by atoms with E-state index in [0.717, 1.165) is 16.7 Å². The van der Waals surface area contributed by atoms with Crippen LogP contribution in [0.15, 0.2) is 36.4 Å². The van der Waals surface area contributed by atoms with Gasteiger partial charge in [0.05, 0.1) is 13.7 Å². The first kappa shape index (κ1) is 16.2. The number of aromatic nitrogens is 3. The molecule has 0 saturated carbocycles. The van der Waals surface area contributed by atoms with Gasteiger partial charge in [-0.25, -0.2) is 9.67 Å². The first-order chi connectivity index (χ1) is 11.1. The molecule has 0 bridgehead atoms. The second-order valence-electron chi connectivity index (χ2n) is 5.07. The van der Waals surface area contributed by atoms with E-state index in [1.54, 1.807) is 17.9 Å². The van der Waals surface area contributed by atoms with Crippen LogP contribution in [0.4, 0.5) is 0 Å². The van der Waals surface area contributed by atoms with Gasteiger partial charge in [-0.2, -0.15) is 5.10 Å². The highest BCUT2D eigenvalue weighted by Crippen LogP contribution is 2.26. The maximum absolute atomic E-state index is 10.1. The van der Waals surface area contributed by atoms with Crippen LogP contribution < -0.4 is 4.74 Å². The van der Waals surface area contributed by atoms with Crippen LogP contribution in [0.3, 0.4) is 0 Å². The largest absolute Gasteiger partial charge is 0.497 e. The quantitative estimate of drug-likeness (QED) is 0.529. The summed E-state index contributed by atoms with van der Waals surface area (Å²) in [5, 5.41) is 16.3. The highest BCUT2D eigenvalue weighted by molar-refractivity contribution is 9.09. The topological polar surface area (TPSA) is 60.2 Å². The summed E-state index contributed by atoms with van der Waals surface area (Å²) >= 11 is 9.30. The summed E-state index contributed by atoms with van der Waals surface area (Å²) in [6, 6.07) is 11.3. The number of methoxy groups -OCH3 is 1. The summed E-state index contributed by atoms with van der Waals surface area (Å²) in [5.41, 5.74) is 2.30. The predicted octanol–water partition coefficient (Wildman–Crippen LogP) is 3.57. The number of halogens is 2. The first-order valence-corrected chi connectivity index (χ1v) is 8.52. The van der Waals surface area contributed by atoms with E-state index in [-0.39, 0.29) is 0 Å². The van der Waals surface area contributed by atoms with Gasteiger partial charge in [0.15, 0.2) is 5.65 Å². The summed E-state index contributed by atoms with van der Waals surface area (Å²) in [6.45, 7) is 0.531. The molecule has 0 fully saturated rings. The van der Waals surface area contributed by atoms with Gasteiger partial charge in [-0.3, -0.25) is 0 Å². The number of pyridine rings is 1. The van der Waals surface area contributed by atoms with Gasteiger partial charge in [0.25, 0.3) is 0 Å². The molecule has 7 heteroatoms. The minimum atomic E-state index is -0.697. The van der Waals surface area contributed by atoms with E-state index in [1.165, 1.54) is 0 Å². The minimum absolute atomic E-state index is 0.397. The van der Waals surface area contributed by atoms with Gasteiger partial charge >= 0.3 is 0 Å². The second kappa shape index (κ2) is 6.86. The molecule has 0 aliphatic heterocycles. The molecule has 0 aliphatic rings. The molecule has 0 aliphatic carbocycles. The molecule has 0 spiro atoms. The fraction of sp³-hybridized carbons (Fsp3) is 0.250. The number of benzene rings is 1. The number of ether oxygens (including phenoxy) is 1. The Labute approximate surface area is 147 Å². The number of aliphatic hydroxyl groups excluding tert-OH is 1. The number of aliphatic hydroxyl groups is 1. The van der Waals surface area contributed by atoms with Crippen LogP contribution in [-0.4, -0.2) is 32.3 Å². The Kier molecular flexibility index (Phi) is 4.84. The van der Waals surface area contributed by atoms with Crippen molar-refractivity contribution in [1.29, 1.82) is 0 Å². The molecule has 0 amide bonds. The zero-order valence-electron chi connectivity index (χ0n) is 12.4. The second-order valence-corrected chi connectivity index (χ2v) is 6.10. The average Bonchev–Trinajstić information content (AvgIpc) is 2.92. The molecule has 3 aromatic rings. The van der Waals surface area contributed by atoms with Crippen LogP contribution in [0.5, 0.6) is 5.75 Å². The van der Waals surface area contributed by atoms with Gasteiger partial charge < -0.3 is 9.84 Å². The van der Waals surface area contributed by atoms with E-state index in [4.69, 9.17) is 16.3 Å². The summed E-state index contributed by atoms with van der Waals surface area (Å²) in [6.07, 6.45) is -0.697. The van der Waals surface area contributed by atoms with Gasteiger partial charge in [0.2, 0.25) is 0 Å². The molecule has 23 heavy (non-hydrogen) atoms. The first-order valence-electron chi connectivity index (χ1n) is 7.02. The number of alkyl halides is 1. The molecule has 0 radical (unpaired) electrons. The maximum Gasteiger partial charge on any atom is 0.160 e. The van der Waals surface area contributed by atoms with Crippen molar-refractivity contribution in [3.63, 3.8) is 0 Å². The van der Waals surface area contributed by atoms with E-state index in [2.05, 4.69) is 26.0 Å². The molecule has 3 rings (SSSR count). The van der Waals surface area contributed by atoms with Crippen molar-refractivity contribution < 1.29 is 9.84 Å². The molecule has 2 aromatic heterocycles. The van der Waals surface area contributed by atoms with E-state index >= 15 is 0 Å². The van der Waals surface area contributed by atoms with Crippen molar-refractivity contribution in [3.05, 3.63) is 52.8 Å². The number of nitrogens with zero attached hydrogens (tertiary/aromatic N) is 3. The minimum Gasteiger partial charge on any atom is -0.497 e. The molecule has 120 valence electrons. The highest BCUT2D eigenvalue weighted by atomic mass is 79.9.